The normalized spacial score (nSPS) is 14.2. The van der Waals surface area contributed by atoms with Crippen molar-refractivity contribution in [3.05, 3.63) is 210 Å². The number of rotatable bonds is 5. The summed E-state index contributed by atoms with van der Waals surface area (Å²) in [6.45, 7) is 9.57. The fraction of sp³-hybridized carbons (Fsp3) is 0.107. The van der Waals surface area contributed by atoms with Crippen LogP contribution in [0.4, 0.5) is 17.1 Å². The van der Waals surface area contributed by atoms with Crippen molar-refractivity contribution in [3.8, 4) is 44.5 Å². The first-order chi connectivity index (χ1) is 27.8. The van der Waals surface area contributed by atoms with Crippen LogP contribution < -0.4 is 4.90 Å². The molecule has 2 aliphatic rings. The summed E-state index contributed by atoms with van der Waals surface area (Å²) in [5, 5.41) is 5.04. The first kappa shape index (κ1) is 33.6. The van der Waals surface area contributed by atoms with E-state index in [4.69, 9.17) is 0 Å². The Morgan fingerprint density at radius 2 is 0.772 bits per heavy atom. The lowest BCUT2D eigenvalue weighted by molar-refractivity contribution is 0.660. The average Bonchev–Trinajstić information content (AvgIpc) is 3.62. The summed E-state index contributed by atoms with van der Waals surface area (Å²) in [6, 6.07) is 70.1. The molecule has 0 unspecified atom stereocenters. The second-order valence-electron chi connectivity index (χ2n) is 17.0. The van der Waals surface area contributed by atoms with E-state index in [1.165, 1.54) is 99.7 Å². The molecule has 0 radical (unpaired) electrons. The van der Waals surface area contributed by atoms with Crippen LogP contribution in [0.5, 0.6) is 0 Å². The zero-order valence-corrected chi connectivity index (χ0v) is 32.8. The van der Waals surface area contributed by atoms with Crippen molar-refractivity contribution >= 4 is 38.6 Å². The second-order valence-corrected chi connectivity index (χ2v) is 17.0. The maximum absolute atomic E-state index is 2.47. The van der Waals surface area contributed by atoms with E-state index in [-0.39, 0.29) is 10.8 Å². The van der Waals surface area contributed by atoms with Crippen LogP contribution >= 0.6 is 0 Å². The van der Waals surface area contributed by atoms with Gasteiger partial charge in [-0.25, -0.2) is 0 Å². The van der Waals surface area contributed by atoms with Gasteiger partial charge in [0, 0.05) is 27.9 Å². The third kappa shape index (κ3) is 5.15. The minimum Gasteiger partial charge on any atom is -0.310 e. The highest BCUT2D eigenvalue weighted by atomic mass is 15.1. The smallest absolute Gasteiger partial charge is 0.0468 e. The van der Waals surface area contributed by atoms with E-state index >= 15 is 0 Å². The van der Waals surface area contributed by atoms with Crippen LogP contribution in [0, 0.1) is 0 Å². The summed E-state index contributed by atoms with van der Waals surface area (Å²) in [7, 11) is 0. The molecule has 2 aliphatic carbocycles. The summed E-state index contributed by atoms with van der Waals surface area (Å²) in [5.74, 6) is 0. The maximum atomic E-state index is 2.47. The SMILES string of the molecule is CC1(C)c2cc(-c3ccccc3)ccc2-c2ccc(N(c3ccc4c(c3)C(C)(C)c3cc(-c5cccc6ccccc56)ccc3-4)c3ccc4ccccc4c3)cc21. The summed E-state index contributed by atoms with van der Waals surface area (Å²) in [4.78, 5) is 2.47. The molecule has 1 heteroatoms. The molecule has 0 N–H and O–H groups in total. The Hall–Kier alpha value is -6.70. The molecule has 0 saturated carbocycles. The third-order valence-electron chi connectivity index (χ3n) is 13.0. The lowest BCUT2D eigenvalue weighted by Gasteiger charge is -2.30. The molecule has 9 aromatic rings. The fourth-order valence-corrected chi connectivity index (χ4v) is 9.95. The monoisotopic (exact) mass is 729 g/mol. The van der Waals surface area contributed by atoms with Gasteiger partial charge in [-0.3, -0.25) is 0 Å². The molecule has 0 aliphatic heterocycles. The van der Waals surface area contributed by atoms with Crippen molar-refractivity contribution in [2.45, 2.75) is 38.5 Å². The first-order valence-electron chi connectivity index (χ1n) is 20.2. The van der Waals surface area contributed by atoms with E-state index in [9.17, 15) is 0 Å². The Balaban J connectivity index is 1.04. The molecule has 0 heterocycles. The van der Waals surface area contributed by atoms with E-state index < -0.39 is 0 Å². The Morgan fingerprint density at radius 1 is 0.298 bits per heavy atom. The van der Waals surface area contributed by atoms with Gasteiger partial charge in [0.1, 0.15) is 0 Å². The van der Waals surface area contributed by atoms with E-state index in [1.807, 2.05) is 0 Å². The molecule has 0 spiro atoms. The standard InChI is InChI=1S/C56H43N/c1-55(2)51-32-40(36-13-6-5-7-14-36)22-27-47(51)49-29-25-43(34-53(49)55)57(42-24-21-37-15-8-9-17-39(37)31-42)44-26-30-50-48-28-23-41(33-52(48)56(3,4)54(50)35-44)46-20-12-18-38-16-10-11-19-45(38)46/h5-35H,1-4H3. The Labute approximate surface area is 335 Å². The third-order valence-corrected chi connectivity index (χ3v) is 13.0. The molecule has 0 atom stereocenters. The molecule has 0 amide bonds. The minimum absolute atomic E-state index is 0.163. The largest absolute Gasteiger partial charge is 0.310 e. The van der Waals surface area contributed by atoms with E-state index in [0.29, 0.717) is 0 Å². The van der Waals surface area contributed by atoms with E-state index in [0.717, 1.165) is 5.69 Å². The van der Waals surface area contributed by atoms with Gasteiger partial charge >= 0.3 is 0 Å². The molecule has 0 fully saturated rings. The molecule has 9 aromatic carbocycles. The van der Waals surface area contributed by atoms with Crippen molar-refractivity contribution in [2.24, 2.45) is 0 Å². The molecule has 272 valence electrons. The van der Waals surface area contributed by atoms with Gasteiger partial charge in [-0.2, -0.15) is 0 Å². The van der Waals surface area contributed by atoms with Gasteiger partial charge < -0.3 is 4.90 Å². The van der Waals surface area contributed by atoms with Crippen molar-refractivity contribution in [1.29, 1.82) is 0 Å². The maximum Gasteiger partial charge on any atom is 0.0468 e. The molecule has 1 nitrogen and oxygen atoms in total. The van der Waals surface area contributed by atoms with Gasteiger partial charge in [-0.05, 0) is 137 Å². The molecule has 0 aromatic heterocycles. The van der Waals surface area contributed by atoms with Crippen molar-refractivity contribution < 1.29 is 0 Å². The summed E-state index contributed by atoms with van der Waals surface area (Å²) in [6.07, 6.45) is 0. The van der Waals surface area contributed by atoms with Gasteiger partial charge in [0.15, 0.2) is 0 Å². The van der Waals surface area contributed by atoms with Crippen LogP contribution in [0.25, 0.3) is 66.1 Å². The summed E-state index contributed by atoms with van der Waals surface area (Å²) >= 11 is 0. The van der Waals surface area contributed by atoms with Crippen molar-refractivity contribution in [3.63, 3.8) is 0 Å². The number of hydrogen-bond donors (Lipinski definition) is 0. The molecular formula is C56H43N. The van der Waals surface area contributed by atoms with Crippen LogP contribution in [0.2, 0.25) is 0 Å². The van der Waals surface area contributed by atoms with E-state index in [2.05, 4.69) is 221 Å². The van der Waals surface area contributed by atoms with Gasteiger partial charge in [-0.1, -0.05) is 167 Å². The van der Waals surface area contributed by atoms with Crippen LogP contribution in [0.1, 0.15) is 49.9 Å². The highest BCUT2D eigenvalue weighted by molar-refractivity contribution is 5.98. The second kappa shape index (κ2) is 12.4. The summed E-state index contributed by atoms with van der Waals surface area (Å²) < 4.78 is 0. The first-order valence-corrected chi connectivity index (χ1v) is 20.2. The lowest BCUT2D eigenvalue weighted by Crippen LogP contribution is -2.18. The van der Waals surface area contributed by atoms with Crippen molar-refractivity contribution in [1.82, 2.24) is 0 Å². The zero-order valence-electron chi connectivity index (χ0n) is 32.8. The number of anilines is 3. The Morgan fingerprint density at radius 3 is 1.44 bits per heavy atom. The number of nitrogens with zero attached hydrogens (tertiary/aromatic N) is 1. The van der Waals surface area contributed by atoms with Crippen LogP contribution in [-0.4, -0.2) is 0 Å². The topological polar surface area (TPSA) is 3.24 Å². The number of fused-ring (bicyclic) bond motifs is 8. The molecule has 57 heavy (non-hydrogen) atoms. The average molecular weight is 730 g/mol. The Bertz CT molecular complexity index is 3070. The van der Waals surface area contributed by atoms with Crippen molar-refractivity contribution in [2.75, 3.05) is 4.90 Å². The summed E-state index contributed by atoms with van der Waals surface area (Å²) in [5.41, 5.74) is 19.0. The van der Waals surface area contributed by atoms with Crippen LogP contribution in [0.3, 0.4) is 0 Å². The Kier molecular flexibility index (Phi) is 7.32. The van der Waals surface area contributed by atoms with Gasteiger partial charge in [0.25, 0.3) is 0 Å². The lowest BCUT2D eigenvalue weighted by atomic mass is 9.81. The molecule has 0 bridgehead atoms. The van der Waals surface area contributed by atoms with E-state index in [1.54, 1.807) is 0 Å². The van der Waals surface area contributed by atoms with Gasteiger partial charge in [-0.15, -0.1) is 0 Å². The molecular weight excluding hydrogens is 687 g/mol. The quantitative estimate of drug-likeness (QED) is 0.170. The predicted octanol–water partition coefficient (Wildman–Crippen LogP) is 15.4. The van der Waals surface area contributed by atoms with Gasteiger partial charge in [0.2, 0.25) is 0 Å². The highest BCUT2D eigenvalue weighted by Gasteiger charge is 2.38. The number of hydrogen-bond acceptors (Lipinski definition) is 1. The highest BCUT2D eigenvalue weighted by Crippen LogP contribution is 2.54. The zero-order chi connectivity index (χ0) is 38.5. The fourth-order valence-electron chi connectivity index (χ4n) is 9.95. The van der Waals surface area contributed by atoms with Crippen LogP contribution in [0.15, 0.2) is 188 Å². The number of benzene rings is 9. The molecule has 11 rings (SSSR count). The van der Waals surface area contributed by atoms with Gasteiger partial charge in [0.05, 0.1) is 0 Å². The van der Waals surface area contributed by atoms with Crippen LogP contribution in [-0.2, 0) is 10.8 Å². The predicted molar refractivity (Wildman–Crippen MR) is 242 cm³/mol. The molecule has 0 saturated heterocycles. The minimum atomic E-state index is -0.186.